The highest BCUT2D eigenvalue weighted by molar-refractivity contribution is 6.20. The van der Waals surface area contributed by atoms with Crippen molar-refractivity contribution in [2.45, 2.75) is 39.5 Å². The SMILES string of the molecule is CC(C)c1cc(-c2ccccc2)cc(C(C)C)c1-c1cccc2nc(-c3cccc4c3oc3c4ccc4c5ccccc5oc43)oc12. The van der Waals surface area contributed by atoms with E-state index in [4.69, 9.17) is 18.2 Å². The molecule has 228 valence electrons. The van der Waals surface area contributed by atoms with E-state index in [9.17, 15) is 0 Å². The summed E-state index contributed by atoms with van der Waals surface area (Å²) in [4.78, 5) is 5.05. The highest BCUT2D eigenvalue weighted by Crippen LogP contribution is 2.45. The minimum absolute atomic E-state index is 0.309. The van der Waals surface area contributed by atoms with Crippen LogP contribution >= 0.6 is 0 Å². The summed E-state index contributed by atoms with van der Waals surface area (Å²) in [5.41, 5.74) is 12.9. The van der Waals surface area contributed by atoms with E-state index in [0.29, 0.717) is 17.7 Å². The summed E-state index contributed by atoms with van der Waals surface area (Å²) >= 11 is 0. The normalized spacial score (nSPS) is 12.2. The first-order valence-corrected chi connectivity index (χ1v) is 16.4. The Balaban J connectivity index is 1.26. The van der Waals surface area contributed by atoms with Gasteiger partial charge >= 0.3 is 0 Å². The predicted octanol–water partition coefficient (Wildman–Crippen LogP) is 12.9. The quantitative estimate of drug-likeness (QED) is 0.194. The third kappa shape index (κ3) is 4.25. The average molecular weight is 612 g/mol. The molecule has 0 bridgehead atoms. The number of hydrogen-bond acceptors (Lipinski definition) is 4. The second-order valence-electron chi connectivity index (χ2n) is 13.1. The maximum absolute atomic E-state index is 6.77. The van der Waals surface area contributed by atoms with Crippen LogP contribution in [0.2, 0.25) is 0 Å². The third-order valence-corrected chi connectivity index (χ3v) is 9.48. The summed E-state index contributed by atoms with van der Waals surface area (Å²) in [7, 11) is 0. The highest BCUT2D eigenvalue weighted by atomic mass is 16.4. The molecule has 0 fully saturated rings. The van der Waals surface area contributed by atoms with Crippen LogP contribution in [-0.2, 0) is 0 Å². The molecule has 4 nitrogen and oxygen atoms in total. The van der Waals surface area contributed by atoms with Gasteiger partial charge in [0.05, 0.1) is 5.56 Å². The zero-order chi connectivity index (χ0) is 31.8. The number of nitrogens with zero attached hydrogens (tertiary/aromatic N) is 1. The maximum Gasteiger partial charge on any atom is 0.231 e. The lowest BCUT2D eigenvalue weighted by atomic mass is 9.82. The fraction of sp³-hybridized carbons (Fsp3) is 0.140. The summed E-state index contributed by atoms with van der Waals surface area (Å²) in [6, 6.07) is 40.2. The monoisotopic (exact) mass is 611 g/mol. The van der Waals surface area contributed by atoms with E-state index in [1.165, 1.54) is 27.8 Å². The molecular formula is C43H33NO3. The van der Waals surface area contributed by atoms with Crippen LogP contribution in [0.25, 0.3) is 88.7 Å². The van der Waals surface area contributed by atoms with Crippen LogP contribution in [0.4, 0.5) is 0 Å². The van der Waals surface area contributed by atoms with Crippen molar-refractivity contribution in [2.75, 3.05) is 0 Å². The van der Waals surface area contributed by atoms with Crippen molar-refractivity contribution in [3.05, 3.63) is 126 Å². The molecule has 0 N–H and O–H groups in total. The van der Waals surface area contributed by atoms with Crippen LogP contribution in [0.15, 0.2) is 129 Å². The number of oxazole rings is 1. The lowest BCUT2D eigenvalue weighted by molar-refractivity contribution is 0.612. The van der Waals surface area contributed by atoms with Gasteiger partial charge in [-0.05, 0) is 70.0 Å². The van der Waals surface area contributed by atoms with Gasteiger partial charge in [-0.15, -0.1) is 0 Å². The number of benzene rings is 6. The number of rotatable bonds is 5. The standard InChI is InChI=1S/C43H33NO3/c1-24(2)34-22-27(26-12-6-5-7-13-26)23-35(25(3)4)38(34)32-16-11-18-36-40(32)47-43(44-36)33-17-10-15-29-31-21-20-30-28-14-8-9-19-37(28)45-41(30)42(31)46-39(29)33/h5-25H,1-4H3. The first-order valence-electron chi connectivity index (χ1n) is 16.4. The maximum atomic E-state index is 6.77. The lowest BCUT2D eigenvalue weighted by Gasteiger charge is -2.22. The molecule has 9 rings (SSSR count). The zero-order valence-corrected chi connectivity index (χ0v) is 26.8. The first-order chi connectivity index (χ1) is 23.0. The molecule has 0 radical (unpaired) electrons. The van der Waals surface area contributed by atoms with Crippen molar-refractivity contribution >= 4 is 55.0 Å². The van der Waals surface area contributed by atoms with Gasteiger partial charge in [-0.3, -0.25) is 0 Å². The fourth-order valence-corrected chi connectivity index (χ4v) is 7.17. The minimum Gasteiger partial charge on any atom is -0.452 e. The molecule has 0 atom stereocenters. The predicted molar refractivity (Wildman–Crippen MR) is 193 cm³/mol. The van der Waals surface area contributed by atoms with Gasteiger partial charge in [0.15, 0.2) is 16.7 Å². The molecule has 47 heavy (non-hydrogen) atoms. The molecule has 0 spiro atoms. The molecule has 0 saturated heterocycles. The Hall–Kier alpha value is -5.61. The first kappa shape index (κ1) is 27.7. The Morgan fingerprint density at radius 3 is 1.85 bits per heavy atom. The Labute approximate surface area is 272 Å². The Morgan fingerprint density at radius 1 is 0.468 bits per heavy atom. The van der Waals surface area contributed by atoms with E-state index in [1.54, 1.807) is 0 Å². The number of furan rings is 2. The smallest absolute Gasteiger partial charge is 0.231 e. The van der Waals surface area contributed by atoms with Crippen LogP contribution in [0.1, 0.15) is 50.7 Å². The van der Waals surface area contributed by atoms with Gasteiger partial charge in [0.2, 0.25) is 5.89 Å². The van der Waals surface area contributed by atoms with Gasteiger partial charge in [0.1, 0.15) is 16.7 Å². The largest absolute Gasteiger partial charge is 0.452 e. The molecule has 9 aromatic rings. The summed E-state index contributed by atoms with van der Waals surface area (Å²) < 4.78 is 19.7. The molecule has 0 unspecified atom stereocenters. The Morgan fingerprint density at radius 2 is 1.09 bits per heavy atom. The van der Waals surface area contributed by atoms with Crippen LogP contribution in [-0.4, -0.2) is 4.98 Å². The lowest BCUT2D eigenvalue weighted by Crippen LogP contribution is -2.01. The van der Waals surface area contributed by atoms with E-state index in [2.05, 4.69) is 107 Å². The van der Waals surface area contributed by atoms with Crippen molar-refractivity contribution in [1.82, 2.24) is 4.98 Å². The molecule has 0 saturated carbocycles. The fourth-order valence-electron chi connectivity index (χ4n) is 7.17. The van der Waals surface area contributed by atoms with Crippen molar-refractivity contribution < 1.29 is 13.3 Å². The molecule has 3 aromatic heterocycles. The van der Waals surface area contributed by atoms with Gasteiger partial charge in [0.25, 0.3) is 0 Å². The number of para-hydroxylation sites is 3. The summed E-state index contributed by atoms with van der Waals surface area (Å²) in [5, 5.41) is 4.13. The van der Waals surface area contributed by atoms with Gasteiger partial charge in [-0.2, -0.15) is 0 Å². The van der Waals surface area contributed by atoms with E-state index >= 15 is 0 Å². The number of aromatic nitrogens is 1. The molecule has 4 heteroatoms. The van der Waals surface area contributed by atoms with Gasteiger partial charge in [-0.1, -0.05) is 113 Å². The Kier molecular flexibility index (Phi) is 6.16. The number of fused-ring (bicyclic) bond motifs is 8. The highest BCUT2D eigenvalue weighted by Gasteiger charge is 2.24. The summed E-state index contributed by atoms with van der Waals surface area (Å²) in [5.74, 6) is 1.16. The van der Waals surface area contributed by atoms with Gasteiger partial charge in [0, 0.05) is 27.1 Å². The summed E-state index contributed by atoms with van der Waals surface area (Å²) in [6.07, 6.45) is 0. The van der Waals surface area contributed by atoms with Crippen molar-refractivity contribution in [3.63, 3.8) is 0 Å². The molecule has 3 heterocycles. The minimum atomic E-state index is 0.309. The van der Waals surface area contributed by atoms with Crippen LogP contribution in [0, 0.1) is 0 Å². The van der Waals surface area contributed by atoms with Gasteiger partial charge < -0.3 is 13.3 Å². The van der Waals surface area contributed by atoms with Crippen molar-refractivity contribution in [1.29, 1.82) is 0 Å². The second kappa shape index (κ2) is 10.5. The molecular weight excluding hydrogens is 578 g/mol. The molecule has 0 aliphatic carbocycles. The van der Waals surface area contributed by atoms with E-state index in [-0.39, 0.29) is 0 Å². The Bertz CT molecular complexity index is 2600. The van der Waals surface area contributed by atoms with E-state index < -0.39 is 0 Å². The molecule has 0 aliphatic rings. The molecule has 0 aliphatic heterocycles. The zero-order valence-electron chi connectivity index (χ0n) is 26.8. The average Bonchev–Trinajstić information content (AvgIpc) is 3.81. The van der Waals surface area contributed by atoms with Crippen LogP contribution in [0.5, 0.6) is 0 Å². The number of hydrogen-bond donors (Lipinski definition) is 0. The van der Waals surface area contributed by atoms with Crippen LogP contribution < -0.4 is 0 Å². The molecule has 0 amide bonds. The topological polar surface area (TPSA) is 52.3 Å². The molecule has 6 aromatic carbocycles. The van der Waals surface area contributed by atoms with Gasteiger partial charge in [-0.25, -0.2) is 4.98 Å². The van der Waals surface area contributed by atoms with Crippen molar-refractivity contribution in [2.24, 2.45) is 0 Å². The van der Waals surface area contributed by atoms with Crippen molar-refractivity contribution in [3.8, 4) is 33.7 Å². The van der Waals surface area contributed by atoms with Crippen LogP contribution in [0.3, 0.4) is 0 Å². The second-order valence-corrected chi connectivity index (χ2v) is 13.1. The van der Waals surface area contributed by atoms with E-state index in [1.807, 2.05) is 36.4 Å². The van der Waals surface area contributed by atoms with E-state index in [0.717, 1.165) is 66.1 Å². The third-order valence-electron chi connectivity index (χ3n) is 9.48. The summed E-state index contributed by atoms with van der Waals surface area (Å²) in [6.45, 7) is 9.08.